The van der Waals surface area contributed by atoms with Crippen molar-refractivity contribution in [2.24, 2.45) is 0 Å². The first-order chi connectivity index (χ1) is 6.75. The lowest BCUT2D eigenvalue weighted by molar-refractivity contribution is -0.116. The molecule has 1 heterocycles. The van der Waals surface area contributed by atoms with E-state index < -0.39 is 12.0 Å². The van der Waals surface area contributed by atoms with Gasteiger partial charge in [0.15, 0.2) is 5.76 Å². The van der Waals surface area contributed by atoms with E-state index in [4.69, 9.17) is 0 Å². The quantitative estimate of drug-likeness (QED) is 0.677. The maximum Gasteiger partial charge on any atom is 0.419 e. The predicted octanol–water partition coefficient (Wildman–Crippen LogP) is 1.29. The number of alkyl carbamates (subject to hydrolysis) is 1. The largest absolute Gasteiger partial charge is 0.419 e. The van der Waals surface area contributed by atoms with Crippen LogP contribution >= 0.6 is 0 Å². The summed E-state index contributed by atoms with van der Waals surface area (Å²) in [6.45, 7) is 0. The monoisotopic (exact) mass is 189 g/mol. The number of amides is 2. The lowest BCUT2D eigenvalue weighted by Crippen LogP contribution is -2.18. The molecule has 0 bridgehead atoms. The third-order valence-electron chi connectivity index (χ3n) is 1.74. The normalized spacial score (nSPS) is 18.1. The molecule has 2 amide bonds. The Kier molecular flexibility index (Phi) is 2.02. The third kappa shape index (κ3) is 1.64. The molecule has 1 aliphatic heterocycles. The first-order valence-electron chi connectivity index (χ1n) is 4.05. The van der Waals surface area contributed by atoms with E-state index >= 15 is 0 Å². The number of carbonyl (C=O) groups is 2. The van der Waals surface area contributed by atoms with Gasteiger partial charge in [0, 0.05) is 0 Å². The van der Waals surface area contributed by atoms with Gasteiger partial charge in [0.25, 0.3) is 5.91 Å². The van der Waals surface area contributed by atoms with Gasteiger partial charge in [-0.15, -0.1) is 0 Å². The minimum Gasteiger partial charge on any atom is -0.404 e. The van der Waals surface area contributed by atoms with Crippen molar-refractivity contribution in [3.63, 3.8) is 0 Å². The third-order valence-corrected chi connectivity index (χ3v) is 1.74. The summed E-state index contributed by atoms with van der Waals surface area (Å²) in [5.41, 5.74) is 0.812. The maximum atomic E-state index is 11.1. The molecule has 14 heavy (non-hydrogen) atoms. The molecule has 4 heteroatoms. The summed E-state index contributed by atoms with van der Waals surface area (Å²) in [5, 5.41) is 2.02. The number of nitrogens with one attached hydrogen (secondary N) is 1. The zero-order chi connectivity index (χ0) is 9.97. The molecular weight excluding hydrogens is 182 g/mol. The summed E-state index contributed by atoms with van der Waals surface area (Å²) < 4.78 is 4.64. The van der Waals surface area contributed by atoms with Crippen LogP contribution < -0.4 is 5.32 Å². The fourth-order valence-corrected chi connectivity index (χ4v) is 1.12. The minimum atomic E-state index is -0.725. The fraction of sp³-hybridized carbons (Fsp3) is 0. The van der Waals surface area contributed by atoms with Gasteiger partial charge < -0.3 is 4.74 Å². The molecule has 1 aromatic carbocycles. The van der Waals surface area contributed by atoms with E-state index in [9.17, 15) is 9.59 Å². The first-order valence-corrected chi connectivity index (χ1v) is 4.05. The Morgan fingerprint density at radius 2 is 1.86 bits per heavy atom. The van der Waals surface area contributed by atoms with Crippen LogP contribution in [0.3, 0.4) is 0 Å². The SMILES string of the molecule is O=C1NC(=O)C(=Cc2ccccc2)O1. The Morgan fingerprint density at radius 3 is 2.43 bits per heavy atom. The molecule has 0 atom stereocenters. The zero-order valence-electron chi connectivity index (χ0n) is 7.19. The molecular formula is C10H7NO3. The second-order valence-corrected chi connectivity index (χ2v) is 2.76. The molecule has 0 aromatic heterocycles. The molecule has 1 aliphatic rings. The highest BCUT2D eigenvalue weighted by Crippen LogP contribution is 2.11. The molecule has 2 rings (SSSR count). The second-order valence-electron chi connectivity index (χ2n) is 2.76. The van der Waals surface area contributed by atoms with E-state index in [1.807, 2.05) is 35.6 Å². The van der Waals surface area contributed by atoms with Crippen LogP contribution in [-0.4, -0.2) is 12.0 Å². The second kappa shape index (κ2) is 3.33. The van der Waals surface area contributed by atoms with Crippen LogP contribution in [0.15, 0.2) is 36.1 Å². The summed E-state index contributed by atoms with van der Waals surface area (Å²) in [4.78, 5) is 21.7. The molecule has 0 radical (unpaired) electrons. The van der Waals surface area contributed by atoms with Gasteiger partial charge in [0.2, 0.25) is 0 Å². The van der Waals surface area contributed by atoms with E-state index in [-0.39, 0.29) is 5.76 Å². The molecule has 4 nitrogen and oxygen atoms in total. The summed E-state index contributed by atoms with van der Waals surface area (Å²) in [6.07, 6.45) is 0.789. The van der Waals surface area contributed by atoms with Gasteiger partial charge in [-0.3, -0.25) is 10.1 Å². The number of cyclic esters (lactones) is 1. The number of benzene rings is 1. The Bertz CT molecular complexity index is 409. The van der Waals surface area contributed by atoms with Gasteiger partial charge in [0.1, 0.15) is 0 Å². The summed E-state index contributed by atoms with van der Waals surface area (Å²) in [7, 11) is 0. The molecule has 70 valence electrons. The summed E-state index contributed by atoms with van der Waals surface area (Å²) in [5.74, 6) is -0.472. The van der Waals surface area contributed by atoms with Crippen molar-refractivity contribution in [1.82, 2.24) is 5.32 Å². The Balaban J connectivity index is 2.28. The molecule has 0 unspecified atom stereocenters. The van der Waals surface area contributed by atoms with Gasteiger partial charge in [0.05, 0.1) is 0 Å². The fourth-order valence-electron chi connectivity index (χ4n) is 1.12. The van der Waals surface area contributed by atoms with E-state index in [0.717, 1.165) is 5.56 Å². The van der Waals surface area contributed by atoms with Crippen LogP contribution in [-0.2, 0) is 9.53 Å². The molecule has 1 saturated heterocycles. The molecule has 1 fully saturated rings. The van der Waals surface area contributed by atoms with Crippen molar-refractivity contribution in [3.05, 3.63) is 41.7 Å². The molecule has 1 N–H and O–H groups in total. The van der Waals surface area contributed by atoms with Crippen molar-refractivity contribution in [3.8, 4) is 0 Å². The highest BCUT2D eigenvalue weighted by atomic mass is 16.6. The Morgan fingerprint density at radius 1 is 1.14 bits per heavy atom. The van der Waals surface area contributed by atoms with Crippen molar-refractivity contribution in [1.29, 1.82) is 0 Å². The highest BCUT2D eigenvalue weighted by Gasteiger charge is 2.25. The van der Waals surface area contributed by atoms with Gasteiger partial charge in [-0.2, -0.15) is 0 Å². The van der Waals surface area contributed by atoms with Crippen LogP contribution in [0.2, 0.25) is 0 Å². The van der Waals surface area contributed by atoms with Crippen molar-refractivity contribution in [2.75, 3.05) is 0 Å². The highest BCUT2D eigenvalue weighted by molar-refractivity contribution is 6.09. The van der Waals surface area contributed by atoms with E-state index in [0.29, 0.717) is 0 Å². The standard InChI is InChI=1S/C10H7NO3/c12-9-8(14-10(13)11-9)6-7-4-2-1-3-5-7/h1-6H,(H,11,12,13). The van der Waals surface area contributed by atoms with Crippen LogP contribution in [0, 0.1) is 0 Å². The van der Waals surface area contributed by atoms with Crippen molar-refractivity contribution in [2.45, 2.75) is 0 Å². The van der Waals surface area contributed by atoms with E-state index in [1.165, 1.54) is 6.08 Å². The Labute approximate surface area is 80.2 Å². The van der Waals surface area contributed by atoms with Crippen LogP contribution in [0.25, 0.3) is 6.08 Å². The number of ether oxygens (including phenoxy) is 1. The van der Waals surface area contributed by atoms with E-state index in [2.05, 4.69) is 4.74 Å². The minimum absolute atomic E-state index is 0.0289. The number of hydrogen-bond acceptors (Lipinski definition) is 3. The lowest BCUT2D eigenvalue weighted by Gasteiger charge is -1.93. The summed E-state index contributed by atoms with van der Waals surface area (Å²) in [6, 6.07) is 9.16. The van der Waals surface area contributed by atoms with Gasteiger partial charge in [-0.05, 0) is 11.6 Å². The van der Waals surface area contributed by atoms with Crippen LogP contribution in [0.5, 0.6) is 0 Å². The van der Waals surface area contributed by atoms with Gasteiger partial charge in [-0.25, -0.2) is 4.79 Å². The van der Waals surface area contributed by atoms with Crippen molar-refractivity contribution >= 4 is 18.1 Å². The van der Waals surface area contributed by atoms with E-state index in [1.54, 1.807) is 0 Å². The number of hydrogen-bond donors (Lipinski definition) is 1. The first kappa shape index (κ1) is 8.50. The molecule has 0 aliphatic carbocycles. The zero-order valence-corrected chi connectivity index (χ0v) is 7.19. The van der Waals surface area contributed by atoms with Crippen LogP contribution in [0.1, 0.15) is 5.56 Å². The smallest absolute Gasteiger partial charge is 0.404 e. The maximum absolute atomic E-state index is 11.1. The van der Waals surface area contributed by atoms with Crippen molar-refractivity contribution < 1.29 is 14.3 Å². The molecule has 0 saturated carbocycles. The number of carbonyl (C=O) groups excluding carboxylic acids is 2. The molecule has 1 aromatic rings. The average molecular weight is 189 g/mol. The van der Waals surface area contributed by atoms with Gasteiger partial charge in [-0.1, -0.05) is 30.3 Å². The summed E-state index contributed by atoms with van der Waals surface area (Å²) >= 11 is 0. The number of rotatable bonds is 1. The average Bonchev–Trinajstić information content (AvgIpc) is 2.47. The van der Waals surface area contributed by atoms with Crippen LogP contribution in [0.4, 0.5) is 4.79 Å². The number of imide groups is 1. The lowest BCUT2D eigenvalue weighted by atomic mass is 10.2. The van der Waals surface area contributed by atoms with Gasteiger partial charge >= 0.3 is 6.09 Å². The molecule has 0 spiro atoms. The Hall–Kier alpha value is -2.10. The topological polar surface area (TPSA) is 55.4 Å². The predicted molar refractivity (Wildman–Crippen MR) is 49.0 cm³/mol.